The number of nitrogens with zero attached hydrogens (tertiary/aromatic N) is 1. The molecule has 0 bridgehead atoms. The van der Waals surface area contributed by atoms with Crippen LogP contribution < -0.4 is 11.5 Å². The summed E-state index contributed by atoms with van der Waals surface area (Å²) in [7, 11) is 0. The van der Waals surface area contributed by atoms with Crippen molar-refractivity contribution in [2.24, 2.45) is 5.92 Å². The van der Waals surface area contributed by atoms with E-state index in [1.165, 1.54) is 28.5 Å². The molecule has 5 heteroatoms. The third-order valence-corrected chi connectivity index (χ3v) is 4.68. The van der Waals surface area contributed by atoms with Crippen LogP contribution in [-0.2, 0) is 12.8 Å². The van der Waals surface area contributed by atoms with E-state index in [1.54, 1.807) is 11.3 Å². The van der Waals surface area contributed by atoms with E-state index in [2.05, 4.69) is 57.8 Å². The predicted octanol–water partition coefficient (Wildman–Crippen LogP) is 6.32. The molecule has 1 aromatic heterocycles. The molecule has 0 unspecified atom stereocenters. The summed E-state index contributed by atoms with van der Waals surface area (Å²) in [6.07, 6.45) is 4.63. The molecule has 0 amide bonds. The fraction of sp³-hybridized carbons (Fsp3) is 0.391. The maximum atomic E-state index is 7.01. The Kier molecular flexibility index (Phi) is 10.2. The highest BCUT2D eigenvalue weighted by molar-refractivity contribution is 7.22. The molecule has 28 heavy (non-hydrogen) atoms. The first-order valence-electron chi connectivity index (χ1n) is 9.88. The van der Waals surface area contributed by atoms with E-state index in [0.717, 1.165) is 23.9 Å². The fourth-order valence-corrected chi connectivity index (χ4v) is 3.36. The Bertz CT molecular complexity index is 868. The number of aryl methyl sites for hydroxylation is 1. The number of nitrogens with one attached hydrogen (secondary N) is 1. The zero-order valence-corrected chi connectivity index (χ0v) is 18.6. The molecule has 3 rings (SSSR count). The van der Waals surface area contributed by atoms with Gasteiger partial charge in [-0.2, -0.15) is 0 Å². The molecule has 0 aliphatic rings. The number of aromatic nitrogens is 1. The number of anilines is 2. The number of nitrogens with two attached hydrogens (primary N) is 2. The van der Waals surface area contributed by atoms with Crippen molar-refractivity contribution in [2.45, 2.75) is 53.9 Å². The third kappa shape index (κ3) is 7.69. The van der Waals surface area contributed by atoms with Crippen LogP contribution in [-0.4, -0.2) is 11.2 Å². The molecule has 0 spiro atoms. The minimum Gasteiger partial charge on any atom is -0.398 e. The van der Waals surface area contributed by atoms with Crippen molar-refractivity contribution in [3.8, 4) is 0 Å². The Hall–Kier alpha value is -2.40. The molecule has 0 aliphatic heterocycles. The lowest BCUT2D eigenvalue weighted by atomic mass is 10.0. The van der Waals surface area contributed by atoms with Gasteiger partial charge in [0.2, 0.25) is 0 Å². The topological polar surface area (TPSA) is 88.8 Å². The van der Waals surface area contributed by atoms with Crippen LogP contribution in [0.5, 0.6) is 0 Å². The summed E-state index contributed by atoms with van der Waals surface area (Å²) in [6, 6.07) is 12.2. The second-order valence-electron chi connectivity index (χ2n) is 7.12. The smallest absolute Gasteiger partial charge is 0.181 e. The van der Waals surface area contributed by atoms with Gasteiger partial charge in [0, 0.05) is 17.5 Å². The van der Waals surface area contributed by atoms with E-state index in [4.69, 9.17) is 16.9 Å². The Morgan fingerprint density at radius 1 is 1.04 bits per heavy atom. The lowest BCUT2D eigenvalue weighted by molar-refractivity contribution is 0.648. The number of thiazole rings is 1. The molecule has 2 aromatic carbocycles. The van der Waals surface area contributed by atoms with Gasteiger partial charge in [-0.3, -0.25) is 0 Å². The maximum absolute atomic E-state index is 7.01. The second-order valence-corrected chi connectivity index (χ2v) is 8.18. The van der Waals surface area contributed by atoms with Gasteiger partial charge in [0.1, 0.15) is 0 Å². The van der Waals surface area contributed by atoms with Gasteiger partial charge in [0.25, 0.3) is 0 Å². The van der Waals surface area contributed by atoms with Gasteiger partial charge in [-0.1, -0.05) is 70.6 Å². The van der Waals surface area contributed by atoms with Crippen LogP contribution >= 0.6 is 11.3 Å². The first-order valence-corrected chi connectivity index (χ1v) is 10.7. The van der Waals surface area contributed by atoms with Crippen LogP contribution in [0.3, 0.4) is 0 Å². The minimum absolute atomic E-state index is 0.654. The molecule has 4 nitrogen and oxygen atoms in total. The largest absolute Gasteiger partial charge is 0.398 e. The van der Waals surface area contributed by atoms with E-state index in [1.807, 2.05) is 18.2 Å². The molecule has 0 fully saturated rings. The average molecular weight is 399 g/mol. The summed E-state index contributed by atoms with van der Waals surface area (Å²) in [6.45, 7) is 10.8. The monoisotopic (exact) mass is 398 g/mol. The molecule has 5 N–H and O–H groups in total. The standard InChI is InChI=1S/C11H14N2S.C9H12N2.C3H8/c1-7(2)5-8-3-4-9-10(6-8)14-11(12)13-9;1-2-7-3-4-8(6-10)9(11)5-7;1-3-2/h3-4,6-7H,5H2,1-2H3,(H2,12,13);3-6,10H,2,11H2,1H3;3H2,1-2H3. The first-order chi connectivity index (χ1) is 13.3. The zero-order valence-electron chi connectivity index (χ0n) is 17.8. The fourth-order valence-electron chi connectivity index (χ4n) is 2.56. The van der Waals surface area contributed by atoms with E-state index >= 15 is 0 Å². The first kappa shape index (κ1) is 23.6. The van der Waals surface area contributed by atoms with Crippen molar-refractivity contribution in [1.29, 1.82) is 5.41 Å². The van der Waals surface area contributed by atoms with Gasteiger partial charge in [0.15, 0.2) is 5.13 Å². The molecule has 0 aliphatic carbocycles. The van der Waals surface area contributed by atoms with Crippen LogP contribution in [0.15, 0.2) is 36.4 Å². The third-order valence-electron chi connectivity index (χ3n) is 3.83. The maximum Gasteiger partial charge on any atom is 0.181 e. The van der Waals surface area contributed by atoms with Gasteiger partial charge in [0.05, 0.1) is 10.2 Å². The van der Waals surface area contributed by atoms with Crippen molar-refractivity contribution in [3.05, 3.63) is 53.1 Å². The normalized spacial score (nSPS) is 10.1. The summed E-state index contributed by atoms with van der Waals surface area (Å²) in [4.78, 5) is 4.23. The Morgan fingerprint density at radius 3 is 2.21 bits per heavy atom. The molecule has 1 heterocycles. The highest BCUT2D eigenvalue weighted by atomic mass is 32.1. The SMILES string of the molecule is CC(C)Cc1ccc2nc(N)sc2c1.CCC.CCc1ccc(C=N)c(N)c1. The van der Waals surface area contributed by atoms with Crippen molar-refractivity contribution >= 4 is 38.6 Å². The van der Waals surface area contributed by atoms with Gasteiger partial charge in [-0.05, 0) is 48.1 Å². The summed E-state index contributed by atoms with van der Waals surface area (Å²) in [5, 5.41) is 7.66. The van der Waals surface area contributed by atoms with E-state index in [-0.39, 0.29) is 0 Å². The molecule has 152 valence electrons. The number of rotatable bonds is 4. The zero-order chi connectivity index (χ0) is 21.1. The number of benzene rings is 2. The quantitative estimate of drug-likeness (QED) is 0.355. The summed E-state index contributed by atoms with van der Waals surface area (Å²) >= 11 is 1.56. The van der Waals surface area contributed by atoms with E-state index in [0.29, 0.717) is 16.7 Å². The summed E-state index contributed by atoms with van der Waals surface area (Å²) in [5.41, 5.74) is 16.4. The molecule has 3 aromatic rings. The highest BCUT2D eigenvalue weighted by Gasteiger charge is 2.03. The Balaban J connectivity index is 0.000000252. The summed E-state index contributed by atoms with van der Waals surface area (Å²) in [5.74, 6) is 0.692. The average Bonchev–Trinajstić information content (AvgIpc) is 3.01. The van der Waals surface area contributed by atoms with Gasteiger partial charge in [-0.25, -0.2) is 4.98 Å². The van der Waals surface area contributed by atoms with Crippen molar-refractivity contribution < 1.29 is 0 Å². The number of fused-ring (bicyclic) bond motifs is 1. The van der Waals surface area contributed by atoms with Crippen molar-refractivity contribution in [3.63, 3.8) is 0 Å². The minimum atomic E-state index is 0.654. The van der Waals surface area contributed by atoms with Crippen LogP contribution in [0.25, 0.3) is 10.2 Å². The number of hydrogen-bond donors (Lipinski definition) is 3. The van der Waals surface area contributed by atoms with Gasteiger partial charge < -0.3 is 16.9 Å². The molecule has 0 radical (unpaired) electrons. The van der Waals surface area contributed by atoms with Crippen molar-refractivity contribution in [1.82, 2.24) is 4.98 Å². The van der Waals surface area contributed by atoms with E-state index in [9.17, 15) is 0 Å². The second kappa shape index (κ2) is 12.1. The van der Waals surface area contributed by atoms with Crippen LogP contribution in [0, 0.1) is 11.3 Å². The molecular weight excluding hydrogens is 364 g/mol. The van der Waals surface area contributed by atoms with Gasteiger partial charge >= 0.3 is 0 Å². The number of nitrogen functional groups attached to an aromatic ring is 2. The van der Waals surface area contributed by atoms with Gasteiger partial charge in [-0.15, -0.1) is 0 Å². The Labute approximate surface area is 173 Å². The van der Waals surface area contributed by atoms with Crippen LogP contribution in [0.4, 0.5) is 10.8 Å². The Morgan fingerprint density at radius 2 is 1.68 bits per heavy atom. The van der Waals surface area contributed by atoms with E-state index < -0.39 is 0 Å². The van der Waals surface area contributed by atoms with Crippen LogP contribution in [0.2, 0.25) is 0 Å². The summed E-state index contributed by atoms with van der Waals surface area (Å²) < 4.78 is 1.20. The highest BCUT2D eigenvalue weighted by Crippen LogP contribution is 2.25. The molecular formula is C23H34N4S. The molecule has 0 atom stereocenters. The lowest BCUT2D eigenvalue weighted by Gasteiger charge is -2.03. The molecule has 0 saturated carbocycles. The lowest BCUT2D eigenvalue weighted by Crippen LogP contribution is -1.93. The molecule has 0 saturated heterocycles. The number of hydrogen-bond acceptors (Lipinski definition) is 5. The van der Waals surface area contributed by atoms with Crippen LogP contribution in [0.1, 0.15) is 57.7 Å². The van der Waals surface area contributed by atoms with Crippen molar-refractivity contribution in [2.75, 3.05) is 11.5 Å². The predicted molar refractivity (Wildman–Crippen MR) is 127 cm³/mol.